The SMILES string of the molecule is CC(C)N(CCS(=O)(=O)c1ccccc1)C(=O)NCCN(C)CCc1ccccc1.O. The van der Waals surface area contributed by atoms with E-state index in [-0.39, 0.29) is 34.7 Å². The summed E-state index contributed by atoms with van der Waals surface area (Å²) < 4.78 is 25.0. The van der Waals surface area contributed by atoms with Crippen LogP contribution in [0.25, 0.3) is 0 Å². The summed E-state index contributed by atoms with van der Waals surface area (Å²) in [5, 5.41) is 2.92. The minimum Gasteiger partial charge on any atom is -0.412 e. The lowest BCUT2D eigenvalue weighted by Gasteiger charge is -2.27. The number of carbonyl (C=O) groups is 1. The molecule has 2 rings (SSSR count). The van der Waals surface area contributed by atoms with E-state index in [0.717, 1.165) is 19.5 Å². The van der Waals surface area contributed by atoms with Crippen LogP contribution in [0, 0.1) is 0 Å². The van der Waals surface area contributed by atoms with Crippen LogP contribution < -0.4 is 5.32 Å². The smallest absolute Gasteiger partial charge is 0.317 e. The normalized spacial score (nSPS) is 11.3. The van der Waals surface area contributed by atoms with Gasteiger partial charge in [0.05, 0.1) is 10.6 Å². The Morgan fingerprint density at radius 3 is 2.10 bits per heavy atom. The standard InChI is InChI=1S/C23H33N3O3S.H2O/c1-20(2)26(18-19-30(28,29)22-12-8-5-9-13-22)23(27)24-15-17-25(3)16-14-21-10-6-4-7-11-21;/h4-13,20H,14-19H2,1-3H3,(H,24,27);1H2. The molecule has 0 radical (unpaired) electrons. The first-order chi connectivity index (χ1) is 14.3. The molecule has 0 unspecified atom stereocenters. The number of urea groups is 1. The topological polar surface area (TPSA) is 101 Å². The zero-order chi connectivity index (χ0) is 22.0. The minimum absolute atomic E-state index is 0. The molecule has 31 heavy (non-hydrogen) atoms. The average Bonchev–Trinajstić information content (AvgIpc) is 2.73. The molecule has 0 aliphatic carbocycles. The first-order valence-electron chi connectivity index (χ1n) is 10.3. The van der Waals surface area contributed by atoms with Crippen molar-refractivity contribution in [1.82, 2.24) is 15.1 Å². The molecule has 8 heteroatoms. The summed E-state index contributed by atoms with van der Waals surface area (Å²) in [7, 11) is -1.39. The molecular formula is C23H35N3O4S. The van der Waals surface area contributed by atoms with E-state index in [1.54, 1.807) is 35.2 Å². The van der Waals surface area contributed by atoms with Gasteiger partial charge in [0.1, 0.15) is 0 Å². The van der Waals surface area contributed by atoms with Crippen LogP contribution in [0.3, 0.4) is 0 Å². The van der Waals surface area contributed by atoms with E-state index >= 15 is 0 Å². The second kappa shape index (κ2) is 13.1. The molecule has 2 aromatic carbocycles. The molecule has 0 atom stereocenters. The summed E-state index contributed by atoms with van der Waals surface area (Å²) in [5.74, 6) is -0.0976. The highest BCUT2D eigenvalue weighted by Gasteiger charge is 2.21. The molecule has 172 valence electrons. The summed E-state index contributed by atoms with van der Waals surface area (Å²) in [6.45, 7) is 6.08. The van der Waals surface area contributed by atoms with E-state index in [0.29, 0.717) is 6.54 Å². The molecule has 7 nitrogen and oxygen atoms in total. The van der Waals surface area contributed by atoms with E-state index < -0.39 is 9.84 Å². The Kier molecular flexibility index (Phi) is 11.2. The van der Waals surface area contributed by atoms with Gasteiger partial charge in [0.2, 0.25) is 0 Å². The van der Waals surface area contributed by atoms with Crippen molar-refractivity contribution in [3.63, 3.8) is 0 Å². The van der Waals surface area contributed by atoms with Crippen molar-refractivity contribution >= 4 is 15.9 Å². The van der Waals surface area contributed by atoms with E-state index in [1.165, 1.54) is 5.56 Å². The molecule has 0 heterocycles. The van der Waals surface area contributed by atoms with Crippen molar-refractivity contribution in [1.29, 1.82) is 0 Å². The number of amides is 2. The highest BCUT2D eigenvalue weighted by Crippen LogP contribution is 2.11. The lowest BCUT2D eigenvalue weighted by Crippen LogP contribution is -2.47. The van der Waals surface area contributed by atoms with Crippen LogP contribution in [-0.2, 0) is 16.3 Å². The predicted molar refractivity (Wildman–Crippen MR) is 125 cm³/mol. The zero-order valence-corrected chi connectivity index (χ0v) is 19.4. The van der Waals surface area contributed by atoms with Gasteiger partial charge in [-0.2, -0.15) is 0 Å². The fourth-order valence-corrected chi connectivity index (χ4v) is 4.33. The van der Waals surface area contributed by atoms with Gasteiger partial charge in [-0.25, -0.2) is 13.2 Å². The van der Waals surface area contributed by atoms with Crippen LogP contribution in [0.2, 0.25) is 0 Å². The van der Waals surface area contributed by atoms with Crippen LogP contribution in [-0.4, -0.2) is 74.7 Å². The largest absolute Gasteiger partial charge is 0.412 e. The summed E-state index contributed by atoms with van der Waals surface area (Å²) in [5.41, 5.74) is 1.29. The number of likely N-dealkylation sites (N-methyl/N-ethyl adjacent to an activating group) is 1. The third kappa shape index (κ3) is 9.08. The lowest BCUT2D eigenvalue weighted by molar-refractivity contribution is 0.185. The molecule has 0 spiro atoms. The van der Waals surface area contributed by atoms with Crippen LogP contribution in [0.15, 0.2) is 65.6 Å². The molecule has 0 saturated heterocycles. The van der Waals surface area contributed by atoms with Gasteiger partial charge in [0.15, 0.2) is 9.84 Å². The Bertz CT molecular complexity index is 874. The zero-order valence-electron chi connectivity index (χ0n) is 18.6. The second-order valence-electron chi connectivity index (χ2n) is 7.69. The first kappa shape index (κ1) is 26.6. The molecule has 0 aliphatic heterocycles. The van der Waals surface area contributed by atoms with Crippen LogP contribution in [0.1, 0.15) is 19.4 Å². The molecule has 2 aromatic rings. The molecule has 2 amide bonds. The van der Waals surface area contributed by atoms with Crippen molar-refractivity contribution in [3.8, 4) is 0 Å². The number of sulfone groups is 1. The van der Waals surface area contributed by atoms with Gasteiger partial charge < -0.3 is 20.6 Å². The molecule has 0 aliphatic rings. The Hall–Kier alpha value is -2.42. The summed E-state index contributed by atoms with van der Waals surface area (Å²) >= 11 is 0. The van der Waals surface area contributed by atoms with Crippen molar-refractivity contribution in [2.24, 2.45) is 0 Å². The highest BCUT2D eigenvalue weighted by molar-refractivity contribution is 7.91. The van der Waals surface area contributed by atoms with E-state index in [4.69, 9.17) is 0 Å². The molecular weight excluding hydrogens is 414 g/mol. The summed E-state index contributed by atoms with van der Waals surface area (Å²) in [6, 6.07) is 18.3. The number of hydrogen-bond donors (Lipinski definition) is 1. The summed E-state index contributed by atoms with van der Waals surface area (Å²) in [4.78, 5) is 16.6. The maximum atomic E-state index is 12.6. The number of rotatable bonds is 11. The van der Waals surface area contributed by atoms with Crippen LogP contribution in [0.4, 0.5) is 4.79 Å². The molecule has 0 aromatic heterocycles. The predicted octanol–water partition coefficient (Wildman–Crippen LogP) is 2.23. The van der Waals surface area contributed by atoms with Crippen molar-refractivity contribution < 1.29 is 18.7 Å². The molecule has 0 fully saturated rings. The van der Waals surface area contributed by atoms with E-state index in [1.807, 2.05) is 39.1 Å². The molecule has 0 saturated carbocycles. The Morgan fingerprint density at radius 2 is 1.52 bits per heavy atom. The fourth-order valence-electron chi connectivity index (χ4n) is 3.09. The number of benzene rings is 2. The van der Waals surface area contributed by atoms with Gasteiger partial charge >= 0.3 is 6.03 Å². The maximum absolute atomic E-state index is 12.6. The van der Waals surface area contributed by atoms with Gasteiger partial charge in [-0.3, -0.25) is 0 Å². The highest BCUT2D eigenvalue weighted by atomic mass is 32.2. The quantitative estimate of drug-likeness (QED) is 0.568. The third-order valence-electron chi connectivity index (χ3n) is 4.98. The molecule has 0 bridgehead atoms. The maximum Gasteiger partial charge on any atom is 0.317 e. The van der Waals surface area contributed by atoms with Gasteiger partial charge in [-0.15, -0.1) is 0 Å². The van der Waals surface area contributed by atoms with Crippen LogP contribution in [0.5, 0.6) is 0 Å². The van der Waals surface area contributed by atoms with Crippen molar-refractivity contribution in [2.45, 2.75) is 31.2 Å². The van der Waals surface area contributed by atoms with Gasteiger partial charge in [0, 0.05) is 32.2 Å². The van der Waals surface area contributed by atoms with E-state index in [9.17, 15) is 13.2 Å². The van der Waals surface area contributed by atoms with Gasteiger partial charge in [-0.05, 0) is 45.0 Å². The first-order valence-corrected chi connectivity index (χ1v) is 12.0. The van der Waals surface area contributed by atoms with Crippen molar-refractivity contribution in [3.05, 3.63) is 66.2 Å². The fraction of sp³-hybridized carbons (Fsp3) is 0.435. The van der Waals surface area contributed by atoms with Gasteiger partial charge in [-0.1, -0.05) is 48.5 Å². The number of hydrogen-bond acceptors (Lipinski definition) is 4. The second-order valence-corrected chi connectivity index (χ2v) is 9.80. The molecule has 3 N–H and O–H groups in total. The van der Waals surface area contributed by atoms with E-state index in [2.05, 4.69) is 22.3 Å². The number of nitrogens with one attached hydrogen (secondary N) is 1. The third-order valence-corrected chi connectivity index (χ3v) is 6.69. The lowest BCUT2D eigenvalue weighted by atomic mass is 10.1. The van der Waals surface area contributed by atoms with Gasteiger partial charge in [0.25, 0.3) is 0 Å². The Balaban J connectivity index is 0.00000480. The summed E-state index contributed by atoms with van der Waals surface area (Å²) in [6.07, 6.45) is 0.959. The Morgan fingerprint density at radius 1 is 0.935 bits per heavy atom. The monoisotopic (exact) mass is 449 g/mol. The van der Waals surface area contributed by atoms with Crippen molar-refractivity contribution in [2.75, 3.05) is 39.0 Å². The minimum atomic E-state index is -3.42. The average molecular weight is 450 g/mol. The van der Waals surface area contributed by atoms with Crippen LogP contribution >= 0.6 is 0 Å². The number of nitrogens with zero attached hydrogens (tertiary/aromatic N) is 2. The number of carbonyl (C=O) groups excluding carboxylic acids is 1. The Labute approximate surface area is 186 Å².